The van der Waals surface area contributed by atoms with E-state index in [0.717, 1.165) is 0 Å². The maximum atomic E-state index is 14.5. The van der Waals surface area contributed by atoms with E-state index in [1.807, 2.05) is 20.8 Å². The first-order valence-electron chi connectivity index (χ1n) is 9.92. The number of guanidine groups is 1. The Morgan fingerprint density at radius 3 is 2.50 bits per heavy atom. The maximum Gasteiger partial charge on any atom is 0.405 e. The fourth-order valence-corrected chi connectivity index (χ4v) is 3.99. The molecule has 3 saturated heterocycles. The van der Waals surface area contributed by atoms with Crippen LogP contribution < -0.4 is 32.2 Å². The predicted molar refractivity (Wildman–Crippen MR) is 103 cm³/mol. The van der Waals surface area contributed by atoms with Crippen molar-refractivity contribution in [2.24, 2.45) is 16.8 Å². The number of hydrogen-bond donors (Lipinski definition) is 6. The van der Waals surface area contributed by atoms with Gasteiger partial charge in [-0.2, -0.15) is 13.2 Å². The van der Waals surface area contributed by atoms with Gasteiger partial charge in [-0.15, -0.1) is 0 Å². The van der Waals surface area contributed by atoms with Crippen LogP contribution >= 0.6 is 0 Å². The van der Waals surface area contributed by atoms with E-state index in [9.17, 15) is 22.4 Å². The van der Waals surface area contributed by atoms with Crippen molar-refractivity contribution >= 4 is 11.9 Å². The highest BCUT2D eigenvalue weighted by atomic mass is 19.4. The molecule has 6 unspecified atom stereocenters. The molecular weight excluding hydrogens is 408 g/mol. The summed E-state index contributed by atoms with van der Waals surface area (Å²) in [7, 11) is 1.45. The minimum Gasteiger partial charge on any atom is -0.351 e. The van der Waals surface area contributed by atoms with Gasteiger partial charge in [0.15, 0.2) is 5.96 Å². The lowest BCUT2D eigenvalue weighted by atomic mass is 9.90. The number of amides is 1. The highest BCUT2D eigenvalue weighted by molar-refractivity contribution is 5.98. The van der Waals surface area contributed by atoms with E-state index in [2.05, 4.69) is 37.2 Å². The Labute approximate surface area is 172 Å². The lowest BCUT2D eigenvalue weighted by Crippen LogP contribution is -2.55. The lowest BCUT2D eigenvalue weighted by Gasteiger charge is -2.31. The average Bonchev–Trinajstić information content (AvgIpc) is 3.18. The van der Waals surface area contributed by atoms with Crippen molar-refractivity contribution in [1.82, 2.24) is 37.2 Å². The molecule has 13 heteroatoms. The number of alkyl halides is 4. The summed E-state index contributed by atoms with van der Waals surface area (Å²) in [5.41, 5.74) is 7.64. The number of nitrogens with one attached hydrogen (secondary N) is 6. The van der Waals surface area contributed by atoms with Crippen molar-refractivity contribution < 1.29 is 22.4 Å². The fourth-order valence-electron chi connectivity index (χ4n) is 3.99. The number of carbonyl (C=O) groups excluding carboxylic acids is 1. The SMILES string of the molecule is CN1CC(C(=O)N/C(=N/C2NNC3CNCC(F)C32)NC(C)(C)C)C(C(F)(F)F)N1. The Kier molecular flexibility index (Phi) is 6.58. The number of fused-ring (bicyclic) bond motifs is 1. The lowest BCUT2D eigenvalue weighted by molar-refractivity contribution is -0.168. The maximum absolute atomic E-state index is 14.5. The molecule has 0 bridgehead atoms. The van der Waals surface area contributed by atoms with Crippen LogP contribution in [0.5, 0.6) is 0 Å². The molecule has 3 aliphatic rings. The zero-order valence-electron chi connectivity index (χ0n) is 17.4. The van der Waals surface area contributed by atoms with Crippen LogP contribution in [0.1, 0.15) is 20.8 Å². The highest BCUT2D eigenvalue weighted by Gasteiger charge is 2.52. The molecule has 30 heavy (non-hydrogen) atoms. The zero-order chi connectivity index (χ0) is 22.3. The third kappa shape index (κ3) is 5.38. The van der Waals surface area contributed by atoms with Gasteiger partial charge in [0, 0.05) is 44.2 Å². The normalized spacial score (nSPS) is 35.9. The average molecular weight is 438 g/mol. The minimum atomic E-state index is -4.58. The number of rotatable bonds is 2. The molecule has 0 radical (unpaired) electrons. The van der Waals surface area contributed by atoms with Crippen LogP contribution in [0.25, 0.3) is 0 Å². The van der Waals surface area contributed by atoms with Crippen LogP contribution in [0, 0.1) is 11.8 Å². The van der Waals surface area contributed by atoms with Crippen molar-refractivity contribution in [3.8, 4) is 0 Å². The van der Waals surface area contributed by atoms with Gasteiger partial charge >= 0.3 is 6.18 Å². The summed E-state index contributed by atoms with van der Waals surface area (Å²) in [6.45, 7) is 6.12. The number of hydrazine groups is 2. The van der Waals surface area contributed by atoms with Crippen molar-refractivity contribution in [3.63, 3.8) is 0 Å². The van der Waals surface area contributed by atoms with Gasteiger partial charge < -0.3 is 10.6 Å². The van der Waals surface area contributed by atoms with E-state index in [1.54, 1.807) is 0 Å². The second-order valence-corrected chi connectivity index (χ2v) is 9.07. The van der Waals surface area contributed by atoms with Gasteiger partial charge in [-0.1, -0.05) is 0 Å². The van der Waals surface area contributed by atoms with Crippen LogP contribution in [-0.4, -0.2) is 79.7 Å². The third-order valence-electron chi connectivity index (χ3n) is 5.29. The Bertz CT molecular complexity index is 667. The summed E-state index contributed by atoms with van der Waals surface area (Å²) >= 11 is 0. The van der Waals surface area contributed by atoms with Crippen molar-refractivity contribution in [2.75, 3.05) is 26.7 Å². The molecule has 0 aliphatic carbocycles. The molecular formula is C17H30F4N8O. The van der Waals surface area contributed by atoms with Gasteiger partial charge in [-0.05, 0) is 20.8 Å². The van der Waals surface area contributed by atoms with E-state index in [-0.39, 0.29) is 25.1 Å². The largest absolute Gasteiger partial charge is 0.405 e. The molecule has 9 nitrogen and oxygen atoms in total. The number of carbonyl (C=O) groups is 1. The third-order valence-corrected chi connectivity index (χ3v) is 5.29. The number of hydrogen-bond acceptors (Lipinski definition) is 7. The van der Waals surface area contributed by atoms with Gasteiger partial charge in [-0.3, -0.25) is 15.5 Å². The molecule has 3 heterocycles. The number of nitrogens with zero attached hydrogens (tertiary/aromatic N) is 2. The monoisotopic (exact) mass is 438 g/mol. The smallest absolute Gasteiger partial charge is 0.351 e. The standard InChI is InChI=1S/C17H30F4N8O/c1-16(2,3)25-15(23-13-11-9(18)5-22-6-10(11)26-27-13)24-14(30)8-7-29(4)28-12(8)17(19,20)21/h8-13,22,26-28H,5-7H2,1-4H3,(H2,23,24,25,30). The van der Waals surface area contributed by atoms with Crippen LogP contribution in [0.4, 0.5) is 17.6 Å². The van der Waals surface area contributed by atoms with Gasteiger partial charge in [0.1, 0.15) is 18.4 Å². The first-order chi connectivity index (χ1) is 13.8. The van der Waals surface area contributed by atoms with E-state index >= 15 is 0 Å². The van der Waals surface area contributed by atoms with Gasteiger partial charge in [0.25, 0.3) is 0 Å². The summed E-state index contributed by atoms with van der Waals surface area (Å²) in [6, 6.07) is -2.18. The van der Waals surface area contributed by atoms with E-state index < -0.39 is 47.8 Å². The molecule has 0 aromatic carbocycles. The molecule has 6 atom stereocenters. The van der Waals surface area contributed by atoms with Gasteiger partial charge in [0.05, 0.1) is 5.92 Å². The fraction of sp³-hybridized carbons (Fsp3) is 0.882. The second-order valence-electron chi connectivity index (χ2n) is 9.07. The van der Waals surface area contributed by atoms with Gasteiger partial charge in [-0.25, -0.2) is 25.2 Å². The highest BCUT2D eigenvalue weighted by Crippen LogP contribution is 2.30. The van der Waals surface area contributed by atoms with E-state index in [1.165, 1.54) is 12.1 Å². The molecule has 0 aromatic rings. The van der Waals surface area contributed by atoms with Crippen molar-refractivity contribution in [2.45, 2.75) is 56.9 Å². The Balaban J connectivity index is 1.79. The van der Waals surface area contributed by atoms with Gasteiger partial charge in [0.2, 0.25) is 5.91 Å². The van der Waals surface area contributed by atoms with Crippen molar-refractivity contribution in [1.29, 1.82) is 0 Å². The molecule has 0 saturated carbocycles. The number of halogens is 4. The Morgan fingerprint density at radius 2 is 1.87 bits per heavy atom. The summed E-state index contributed by atoms with van der Waals surface area (Å²) in [4.78, 5) is 17.2. The molecule has 0 spiro atoms. The molecule has 3 rings (SSSR count). The Morgan fingerprint density at radius 1 is 1.17 bits per heavy atom. The number of piperidine rings is 1. The van der Waals surface area contributed by atoms with Crippen LogP contribution in [-0.2, 0) is 4.79 Å². The topological polar surface area (TPSA) is 105 Å². The molecule has 6 N–H and O–H groups in total. The van der Waals surface area contributed by atoms with Crippen LogP contribution in [0.15, 0.2) is 4.99 Å². The van der Waals surface area contributed by atoms with Crippen LogP contribution in [0.2, 0.25) is 0 Å². The molecule has 3 fully saturated rings. The summed E-state index contributed by atoms with van der Waals surface area (Å²) in [6.07, 6.45) is -6.42. The Hall–Kier alpha value is -1.54. The second kappa shape index (κ2) is 8.54. The predicted octanol–water partition coefficient (Wildman–Crippen LogP) is -0.796. The van der Waals surface area contributed by atoms with E-state index in [0.29, 0.717) is 6.54 Å². The summed E-state index contributed by atoms with van der Waals surface area (Å²) in [5, 5.41) is 9.74. The molecule has 0 aromatic heterocycles. The first-order valence-corrected chi connectivity index (χ1v) is 9.92. The van der Waals surface area contributed by atoms with Crippen LogP contribution in [0.3, 0.4) is 0 Å². The summed E-state index contributed by atoms with van der Waals surface area (Å²) in [5.74, 6) is -2.62. The molecule has 3 aliphatic heterocycles. The molecule has 172 valence electrons. The zero-order valence-corrected chi connectivity index (χ0v) is 17.4. The van der Waals surface area contributed by atoms with E-state index in [4.69, 9.17) is 0 Å². The number of aliphatic imine (C=N–C) groups is 1. The molecule has 1 amide bonds. The summed E-state index contributed by atoms with van der Waals surface area (Å²) < 4.78 is 54.4. The quantitative estimate of drug-likeness (QED) is 0.191. The van der Waals surface area contributed by atoms with Crippen molar-refractivity contribution in [3.05, 3.63) is 0 Å². The minimum absolute atomic E-state index is 0.00802. The first kappa shape index (κ1) is 23.1.